The molecule has 0 saturated carbocycles. The summed E-state index contributed by atoms with van der Waals surface area (Å²) in [6.45, 7) is 1.66. The summed E-state index contributed by atoms with van der Waals surface area (Å²) in [4.78, 5) is 13.2. The Bertz CT molecular complexity index is 1340. The summed E-state index contributed by atoms with van der Waals surface area (Å²) in [7, 11) is 0.527. The van der Waals surface area contributed by atoms with Gasteiger partial charge in [0.25, 0.3) is 15.9 Å². The minimum absolute atomic E-state index is 0.0748. The minimum Gasteiger partial charge on any atom is -0.497 e. The third kappa shape index (κ3) is 4.83. The SMILES string of the molecule is COc1ccc(S(=O)(=O)N2CC(C(=O)Nc3ccc(OC)c(OC)c3)Oc3cc(C)ccc32)cc1. The molecule has 0 fully saturated rings. The predicted octanol–water partition coefficient (Wildman–Crippen LogP) is 3.62. The van der Waals surface area contributed by atoms with E-state index in [1.807, 2.05) is 6.92 Å². The monoisotopic (exact) mass is 498 g/mol. The van der Waals surface area contributed by atoms with E-state index >= 15 is 0 Å². The molecule has 3 aromatic rings. The van der Waals surface area contributed by atoms with Gasteiger partial charge in [-0.05, 0) is 61.0 Å². The Morgan fingerprint density at radius 3 is 2.31 bits per heavy atom. The molecule has 1 amide bonds. The Morgan fingerprint density at radius 2 is 1.66 bits per heavy atom. The van der Waals surface area contributed by atoms with Crippen LogP contribution in [0.15, 0.2) is 65.6 Å². The number of nitrogens with one attached hydrogen (secondary N) is 1. The van der Waals surface area contributed by atoms with Crippen molar-refractivity contribution in [3.05, 3.63) is 66.2 Å². The van der Waals surface area contributed by atoms with Gasteiger partial charge in [0.1, 0.15) is 11.5 Å². The van der Waals surface area contributed by atoms with E-state index in [1.54, 1.807) is 48.5 Å². The number of carbonyl (C=O) groups is 1. The lowest BCUT2D eigenvalue weighted by Gasteiger charge is -2.35. The van der Waals surface area contributed by atoms with Gasteiger partial charge in [0.05, 0.1) is 38.5 Å². The molecular weight excluding hydrogens is 472 g/mol. The first kappa shape index (κ1) is 24.2. The molecule has 1 aliphatic rings. The van der Waals surface area contributed by atoms with Gasteiger partial charge in [0.15, 0.2) is 17.6 Å². The van der Waals surface area contributed by atoms with Crippen LogP contribution in [0.25, 0.3) is 0 Å². The normalized spacial score (nSPS) is 15.0. The van der Waals surface area contributed by atoms with Gasteiger partial charge in [0, 0.05) is 11.8 Å². The highest BCUT2D eigenvalue weighted by Crippen LogP contribution is 2.38. The summed E-state index contributed by atoms with van der Waals surface area (Å²) in [5.74, 6) is 1.30. The summed E-state index contributed by atoms with van der Waals surface area (Å²) in [5.41, 5.74) is 1.68. The Morgan fingerprint density at radius 1 is 0.943 bits per heavy atom. The van der Waals surface area contributed by atoms with Gasteiger partial charge >= 0.3 is 0 Å². The molecule has 1 unspecified atom stereocenters. The zero-order valence-corrected chi connectivity index (χ0v) is 20.6. The van der Waals surface area contributed by atoms with Gasteiger partial charge in [-0.25, -0.2) is 8.42 Å². The van der Waals surface area contributed by atoms with Crippen molar-refractivity contribution < 1.29 is 32.2 Å². The van der Waals surface area contributed by atoms with Crippen molar-refractivity contribution in [1.29, 1.82) is 0 Å². The fraction of sp³-hybridized carbons (Fsp3) is 0.240. The van der Waals surface area contributed by atoms with Gasteiger partial charge in [-0.3, -0.25) is 9.10 Å². The first-order valence-corrected chi connectivity index (χ1v) is 12.2. The molecule has 10 heteroatoms. The van der Waals surface area contributed by atoms with Gasteiger partial charge in [-0.1, -0.05) is 6.07 Å². The van der Waals surface area contributed by atoms with Gasteiger partial charge < -0.3 is 24.3 Å². The summed E-state index contributed by atoms with van der Waals surface area (Å²) < 4.78 is 50.0. The highest BCUT2D eigenvalue weighted by Gasteiger charge is 2.37. The number of hydrogen-bond donors (Lipinski definition) is 1. The smallest absolute Gasteiger partial charge is 0.267 e. The molecule has 0 saturated heterocycles. The van der Waals surface area contributed by atoms with Crippen LogP contribution in [0.2, 0.25) is 0 Å². The standard InChI is InChI=1S/C25H26N2O7S/c1-16-5-11-20-22(13-16)34-24(25(28)26-17-6-12-21(32-3)23(14-17)33-4)15-27(20)35(29,30)19-9-7-18(31-2)8-10-19/h5-14,24H,15H2,1-4H3,(H,26,28). The molecule has 0 spiro atoms. The van der Waals surface area contributed by atoms with Gasteiger partial charge in [-0.15, -0.1) is 0 Å². The van der Waals surface area contributed by atoms with E-state index in [0.29, 0.717) is 34.4 Å². The number of fused-ring (bicyclic) bond motifs is 1. The first-order chi connectivity index (χ1) is 16.8. The fourth-order valence-corrected chi connectivity index (χ4v) is 5.21. The van der Waals surface area contributed by atoms with Gasteiger partial charge in [-0.2, -0.15) is 0 Å². The molecule has 0 aliphatic carbocycles. The number of nitrogens with zero attached hydrogens (tertiary/aromatic N) is 1. The third-order valence-corrected chi connectivity index (χ3v) is 7.37. The quantitative estimate of drug-likeness (QED) is 0.531. The van der Waals surface area contributed by atoms with Crippen LogP contribution in [0.1, 0.15) is 5.56 Å². The maximum atomic E-state index is 13.6. The van der Waals surface area contributed by atoms with Crippen LogP contribution >= 0.6 is 0 Å². The highest BCUT2D eigenvalue weighted by molar-refractivity contribution is 7.92. The Kier molecular flexibility index (Phi) is 6.74. The highest BCUT2D eigenvalue weighted by atomic mass is 32.2. The molecule has 1 atom stereocenters. The fourth-order valence-electron chi connectivity index (χ4n) is 3.74. The van der Waals surface area contributed by atoms with Crippen LogP contribution in [0.4, 0.5) is 11.4 Å². The van der Waals surface area contributed by atoms with E-state index in [4.69, 9.17) is 18.9 Å². The lowest BCUT2D eigenvalue weighted by molar-refractivity contribution is -0.122. The molecule has 4 rings (SSSR count). The molecule has 9 nitrogen and oxygen atoms in total. The second-order valence-electron chi connectivity index (χ2n) is 7.85. The summed E-state index contributed by atoms with van der Waals surface area (Å²) in [5, 5.41) is 2.77. The van der Waals surface area contributed by atoms with Crippen molar-refractivity contribution in [2.24, 2.45) is 0 Å². The van der Waals surface area contributed by atoms with Crippen LogP contribution in [0.3, 0.4) is 0 Å². The molecule has 1 aliphatic heterocycles. The van der Waals surface area contributed by atoms with E-state index in [1.165, 1.54) is 37.8 Å². The average molecular weight is 499 g/mol. The molecule has 184 valence electrons. The molecule has 3 aromatic carbocycles. The number of benzene rings is 3. The summed E-state index contributed by atoms with van der Waals surface area (Å²) in [6.07, 6.45) is -1.09. The second-order valence-corrected chi connectivity index (χ2v) is 9.71. The number of hydrogen-bond acceptors (Lipinski definition) is 7. The number of aryl methyl sites for hydroxylation is 1. The van der Waals surface area contributed by atoms with Crippen molar-refractivity contribution in [2.75, 3.05) is 37.5 Å². The molecule has 0 radical (unpaired) electrons. The number of rotatable bonds is 7. The molecule has 0 bridgehead atoms. The summed E-state index contributed by atoms with van der Waals surface area (Å²) in [6, 6.07) is 16.2. The van der Waals surface area contributed by atoms with Crippen molar-refractivity contribution in [3.63, 3.8) is 0 Å². The average Bonchev–Trinajstić information content (AvgIpc) is 2.87. The zero-order valence-electron chi connectivity index (χ0n) is 19.8. The van der Waals surface area contributed by atoms with Crippen LogP contribution in [-0.4, -0.2) is 48.3 Å². The van der Waals surface area contributed by atoms with E-state index in [2.05, 4.69) is 5.32 Å². The number of ether oxygens (including phenoxy) is 4. The lowest BCUT2D eigenvalue weighted by Crippen LogP contribution is -2.48. The number of amides is 1. The molecule has 0 aromatic heterocycles. The maximum Gasteiger partial charge on any atom is 0.267 e. The lowest BCUT2D eigenvalue weighted by atomic mass is 10.1. The zero-order chi connectivity index (χ0) is 25.2. The maximum absolute atomic E-state index is 13.6. The van der Waals surface area contributed by atoms with Crippen molar-refractivity contribution in [3.8, 4) is 23.0 Å². The van der Waals surface area contributed by atoms with E-state index in [9.17, 15) is 13.2 Å². The number of methoxy groups -OCH3 is 3. The number of sulfonamides is 1. The largest absolute Gasteiger partial charge is 0.497 e. The van der Waals surface area contributed by atoms with Crippen LogP contribution in [-0.2, 0) is 14.8 Å². The van der Waals surface area contributed by atoms with Crippen LogP contribution < -0.4 is 28.6 Å². The predicted molar refractivity (Wildman–Crippen MR) is 131 cm³/mol. The van der Waals surface area contributed by atoms with Crippen LogP contribution in [0, 0.1) is 6.92 Å². The Hall–Kier alpha value is -3.92. The van der Waals surface area contributed by atoms with Crippen molar-refractivity contribution in [2.45, 2.75) is 17.9 Å². The van der Waals surface area contributed by atoms with Gasteiger partial charge in [0.2, 0.25) is 0 Å². The third-order valence-electron chi connectivity index (χ3n) is 5.58. The Labute approximate surface area is 204 Å². The molecule has 35 heavy (non-hydrogen) atoms. The van der Waals surface area contributed by atoms with E-state index in [0.717, 1.165) is 5.56 Å². The van der Waals surface area contributed by atoms with Crippen molar-refractivity contribution >= 4 is 27.3 Å². The second kappa shape index (κ2) is 9.75. The molecule has 1 N–H and O–H groups in total. The molecule has 1 heterocycles. The minimum atomic E-state index is -3.99. The number of anilines is 2. The molecular formula is C25H26N2O7S. The van der Waals surface area contributed by atoms with E-state index in [-0.39, 0.29) is 11.4 Å². The Balaban J connectivity index is 1.66. The van der Waals surface area contributed by atoms with Crippen LogP contribution in [0.5, 0.6) is 23.0 Å². The number of carbonyl (C=O) groups excluding carboxylic acids is 1. The first-order valence-electron chi connectivity index (χ1n) is 10.7. The van der Waals surface area contributed by atoms with E-state index < -0.39 is 22.0 Å². The van der Waals surface area contributed by atoms with Crippen molar-refractivity contribution in [1.82, 2.24) is 0 Å². The topological polar surface area (TPSA) is 103 Å². The summed E-state index contributed by atoms with van der Waals surface area (Å²) >= 11 is 0.